The lowest BCUT2D eigenvalue weighted by Crippen LogP contribution is -2.16. The van der Waals surface area contributed by atoms with Crippen LogP contribution in [0.2, 0.25) is 5.02 Å². The van der Waals surface area contributed by atoms with E-state index in [0.29, 0.717) is 22.5 Å². The van der Waals surface area contributed by atoms with Gasteiger partial charge in [0.15, 0.2) is 5.82 Å². The van der Waals surface area contributed by atoms with E-state index < -0.39 is 0 Å². The highest BCUT2D eigenvalue weighted by atomic mass is 35.5. The molecule has 3 rings (SSSR count). The third-order valence-electron chi connectivity index (χ3n) is 3.48. The summed E-state index contributed by atoms with van der Waals surface area (Å²) in [7, 11) is 3.66. The molecule has 0 fully saturated rings. The Morgan fingerprint density at radius 2 is 1.76 bits per heavy atom. The van der Waals surface area contributed by atoms with E-state index in [0.717, 1.165) is 11.1 Å². The van der Waals surface area contributed by atoms with Crippen LogP contribution >= 0.6 is 11.6 Å². The summed E-state index contributed by atoms with van der Waals surface area (Å²) in [5.41, 5.74) is 7.83. The third-order valence-corrected chi connectivity index (χ3v) is 3.78. The number of rotatable bonds is 5. The molecule has 0 amide bonds. The van der Waals surface area contributed by atoms with Crippen LogP contribution in [0.1, 0.15) is 5.82 Å². The first-order valence-electron chi connectivity index (χ1n) is 7.68. The number of benzene rings is 2. The largest absolute Gasteiger partial charge is 0.484 e. The van der Waals surface area contributed by atoms with Gasteiger partial charge in [-0.05, 0) is 23.3 Å². The normalized spacial score (nSPS) is 10.5. The number of aromatic nitrogens is 3. The fourth-order valence-corrected chi connectivity index (χ4v) is 2.50. The Morgan fingerprint density at radius 3 is 2.44 bits per heavy atom. The molecule has 1 heterocycles. The number of hydrogen-bond acceptors (Lipinski definition) is 6. The highest BCUT2D eigenvalue weighted by Gasteiger charge is 2.09. The number of ether oxygens (including phenoxy) is 1. The summed E-state index contributed by atoms with van der Waals surface area (Å²) in [6, 6.07) is 15.7. The van der Waals surface area contributed by atoms with Gasteiger partial charge < -0.3 is 15.4 Å². The van der Waals surface area contributed by atoms with Crippen LogP contribution in [0.25, 0.3) is 11.1 Å². The minimum atomic E-state index is 0.151. The van der Waals surface area contributed by atoms with Gasteiger partial charge in [0.05, 0.1) is 5.02 Å². The molecule has 2 aromatic carbocycles. The maximum atomic E-state index is 6.35. The maximum absolute atomic E-state index is 6.35. The van der Waals surface area contributed by atoms with Gasteiger partial charge >= 0.3 is 0 Å². The van der Waals surface area contributed by atoms with E-state index in [1.807, 2.05) is 62.6 Å². The standard InChI is InChI=1S/C18H18ClN5O/c1-24(2)18-22-16(21-17(20)23-18)11-25-15-9-8-13(10-14(15)19)12-6-4-3-5-7-12/h3-10H,11H2,1-2H3,(H2,20,21,22,23). The van der Waals surface area contributed by atoms with E-state index >= 15 is 0 Å². The second kappa shape index (κ2) is 7.36. The Hall–Kier alpha value is -2.86. The van der Waals surface area contributed by atoms with E-state index in [1.165, 1.54) is 0 Å². The molecule has 0 unspecified atom stereocenters. The Balaban J connectivity index is 1.76. The number of anilines is 2. The van der Waals surface area contributed by atoms with Gasteiger partial charge in [-0.25, -0.2) is 0 Å². The van der Waals surface area contributed by atoms with Gasteiger partial charge in [0.25, 0.3) is 0 Å². The Kier molecular flexibility index (Phi) is 5.00. The molecule has 0 radical (unpaired) electrons. The van der Waals surface area contributed by atoms with Crippen LogP contribution in [-0.2, 0) is 6.61 Å². The molecule has 0 bridgehead atoms. The van der Waals surface area contributed by atoms with Crippen molar-refractivity contribution in [1.82, 2.24) is 15.0 Å². The smallest absolute Gasteiger partial charge is 0.230 e. The van der Waals surface area contributed by atoms with Gasteiger partial charge in [-0.15, -0.1) is 0 Å². The van der Waals surface area contributed by atoms with E-state index in [9.17, 15) is 0 Å². The van der Waals surface area contributed by atoms with E-state index in [1.54, 1.807) is 4.90 Å². The lowest BCUT2D eigenvalue weighted by Gasteiger charge is -2.12. The zero-order chi connectivity index (χ0) is 17.8. The molecule has 7 heteroatoms. The number of nitrogens with zero attached hydrogens (tertiary/aromatic N) is 4. The lowest BCUT2D eigenvalue weighted by molar-refractivity contribution is 0.296. The van der Waals surface area contributed by atoms with Crippen molar-refractivity contribution >= 4 is 23.5 Å². The van der Waals surface area contributed by atoms with Crippen LogP contribution in [0, 0.1) is 0 Å². The molecule has 128 valence electrons. The quantitative estimate of drug-likeness (QED) is 0.755. The van der Waals surface area contributed by atoms with Gasteiger partial charge in [0.1, 0.15) is 12.4 Å². The third kappa shape index (κ3) is 4.16. The first kappa shape index (κ1) is 17.0. The molecular weight excluding hydrogens is 338 g/mol. The molecule has 0 aliphatic carbocycles. The van der Waals surface area contributed by atoms with Crippen LogP contribution in [0.15, 0.2) is 48.5 Å². The topological polar surface area (TPSA) is 77.2 Å². The minimum absolute atomic E-state index is 0.151. The second-order valence-corrected chi connectivity index (χ2v) is 6.01. The van der Waals surface area contributed by atoms with Gasteiger partial charge in [-0.2, -0.15) is 15.0 Å². The van der Waals surface area contributed by atoms with Crippen molar-refractivity contribution in [1.29, 1.82) is 0 Å². The molecule has 2 N–H and O–H groups in total. The zero-order valence-electron chi connectivity index (χ0n) is 14.0. The molecule has 0 spiro atoms. The van der Waals surface area contributed by atoms with E-state index in [2.05, 4.69) is 15.0 Å². The number of nitrogens with two attached hydrogens (primary N) is 1. The van der Waals surface area contributed by atoms with Crippen LogP contribution in [-0.4, -0.2) is 29.0 Å². The van der Waals surface area contributed by atoms with Gasteiger partial charge in [0, 0.05) is 14.1 Å². The molecule has 1 aromatic heterocycles. The summed E-state index contributed by atoms with van der Waals surface area (Å²) in [5, 5.41) is 0.524. The summed E-state index contributed by atoms with van der Waals surface area (Å²) in [6.45, 7) is 0.151. The molecule has 6 nitrogen and oxygen atoms in total. The van der Waals surface area contributed by atoms with Crippen molar-refractivity contribution in [3.05, 3.63) is 59.4 Å². The molecule has 0 saturated carbocycles. The SMILES string of the molecule is CN(C)c1nc(N)nc(COc2ccc(-c3ccccc3)cc2Cl)n1. The zero-order valence-corrected chi connectivity index (χ0v) is 14.7. The van der Waals surface area contributed by atoms with E-state index in [4.69, 9.17) is 22.1 Å². The van der Waals surface area contributed by atoms with Gasteiger partial charge in [-0.3, -0.25) is 0 Å². The first-order chi connectivity index (χ1) is 12.0. The number of nitrogen functional groups attached to an aromatic ring is 1. The average Bonchev–Trinajstić information content (AvgIpc) is 2.61. The predicted octanol–water partition coefficient (Wildman–Crippen LogP) is 3.42. The van der Waals surface area contributed by atoms with Gasteiger partial charge in [0.2, 0.25) is 11.9 Å². The van der Waals surface area contributed by atoms with Crippen LogP contribution in [0.4, 0.5) is 11.9 Å². The summed E-state index contributed by atoms with van der Waals surface area (Å²) < 4.78 is 5.74. The fourth-order valence-electron chi connectivity index (χ4n) is 2.26. The lowest BCUT2D eigenvalue weighted by atomic mass is 10.1. The summed E-state index contributed by atoms with van der Waals surface area (Å²) in [6.07, 6.45) is 0. The van der Waals surface area contributed by atoms with Crippen molar-refractivity contribution in [2.45, 2.75) is 6.61 Å². The average molecular weight is 356 g/mol. The molecule has 0 saturated heterocycles. The second-order valence-electron chi connectivity index (χ2n) is 5.60. The van der Waals surface area contributed by atoms with Crippen LogP contribution in [0.3, 0.4) is 0 Å². The number of hydrogen-bond donors (Lipinski definition) is 1. The molecule has 0 atom stereocenters. The molecule has 3 aromatic rings. The van der Waals surface area contributed by atoms with Crippen molar-refractivity contribution in [2.24, 2.45) is 0 Å². The van der Waals surface area contributed by atoms with Crippen molar-refractivity contribution in [3.63, 3.8) is 0 Å². The molecule has 0 aliphatic heterocycles. The Bertz CT molecular complexity index is 871. The van der Waals surface area contributed by atoms with Crippen molar-refractivity contribution in [3.8, 4) is 16.9 Å². The molecule has 25 heavy (non-hydrogen) atoms. The van der Waals surface area contributed by atoms with E-state index in [-0.39, 0.29) is 12.6 Å². The molecular formula is C18H18ClN5O. The van der Waals surface area contributed by atoms with Crippen LogP contribution in [0.5, 0.6) is 5.75 Å². The van der Waals surface area contributed by atoms with Crippen molar-refractivity contribution < 1.29 is 4.74 Å². The minimum Gasteiger partial charge on any atom is -0.484 e. The van der Waals surface area contributed by atoms with Gasteiger partial charge in [-0.1, -0.05) is 48.0 Å². The predicted molar refractivity (Wildman–Crippen MR) is 99.8 cm³/mol. The fraction of sp³-hybridized carbons (Fsp3) is 0.167. The Morgan fingerprint density at radius 1 is 1.00 bits per heavy atom. The highest BCUT2D eigenvalue weighted by Crippen LogP contribution is 2.30. The molecule has 0 aliphatic rings. The Labute approximate surface area is 151 Å². The summed E-state index contributed by atoms with van der Waals surface area (Å²) in [5.74, 6) is 1.64. The monoisotopic (exact) mass is 355 g/mol. The summed E-state index contributed by atoms with van der Waals surface area (Å²) in [4.78, 5) is 14.2. The highest BCUT2D eigenvalue weighted by molar-refractivity contribution is 6.32. The van der Waals surface area contributed by atoms with Crippen LogP contribution < -0.4 is 15.4 Å². The maximum Gasteiger partial charge on any atom is 0.230 e. The number of halogens is 1. The van der Waals surface area contributed by atoms with Crippen molar-refractivity contribution in [2.75, 3.05) is 24.7 Å². The first-order valence-corrected chi connectivity index (χ1v) is 8.06. The summed E-state index contributed by atoms with van der Waals surface area (Å²) >= 11 is 6.35.